The van der Waals surface area contributed by atoms with Crippen molar-refractivity contribution in [3.63, 3.8) is 0 Å². The Bertz CT molecular complexity index is 1100. The average Bonchev–Trinajstić information content (AvgIpc) is 3.23. The van der Waals surface area contributed by atoms with Crippen LogP contribution in [0.15, 0.2) is 58.6 Å². The van der Waals surface area contributed by atoms with Gasteiger partial charge in [-0.3, -0.25) is 10.1 Å². The van der Waals surface area contributed by atoms with Crippen LogP contribution in [0.5, 0.6) is 5.75 Å². The summed E-state index contributed by atoms with van der Waals surface area (Å²) in [6, 6.07) is 11.9. The van der Waals surface area contributed by atoms with Crippen molar-refractivity contribution in [3.05, 3.63) is 59.1 Å². The second-order valence-electron chi connectivity index (χ2n) is 7.06. The maximum Gasteiger partial charge on any atom is 0.387 e. The molecule has 0 saturated carbocycles. The Morgan fingerprint density at radius 1 is 1.29 bits per heavy atom. The molecule has 3 rings (SSSR count). The number of hydrogen-bond acceptors (Lipinski definition) is 5. The molecule has 1 aliphatic heterocycles. The van der Waals surface area contributed by atoms with Gasteiger partial charge in [0.15, 0.2) is 6.19 Å². The summed E-state index contributed by atoms with van der Waals surface area (Å²) in [5.74, 6) is -0.299. The summed E-state index contributed by atoms with van der Waals surface area (Å²) in [6.07, 6.45) is 2.26. The van der Waals surface area contributed by atoms with Crippen molar-refractivity contribution in [1.29, 1.82) is 5.26 Å². The van der Waals surface area contributed by atoms with Gasteiger partial charge in [-0.15, -0.1) is 11.6 Å². The fourth-order valence-corrected chi connectivity index (χ4v) is 3.29. The van der Waals surface area contributed by atoms with Crippen molar-refractivity contribution >= 4 is 46.5 Å². The van der Waals surface area contributed by atoms with E-state index in [1.54, 1.807) is 37.4 Å². The highest BCUT2D eigenvalue weighted by molar-refractivity contribution is 6.31. The predicted molar refractivity (Wildman–Crippen MR) is 125 cm³/mol. The van der Waals surface area contributed by atoms with Crippen LogP contribution in [0.2, 0.25) is 5.02 Å². The van der Waals surface area contributed by atoms with Crippen LogP contribution in [0.3, 0.4) is 0 Å². The van der Waals surface area contributed by atoms with E-state index in [1.165, 1.54) is 29.3 Å². The SMILES string of the molecule is CCC(Cl)C(=O)NC1CN(C(=Nc2ccc(OC(F)F)cc2)NC#N)N=C1c1ccc(Cl)cc1. The molecule has 34 heavy (non-hydrogen) atoms. The monoisotopic (exact) mass is 508 g/mol. The lowest BCUT2D eigenvalue weighted by molar-refractivity contribution is -0.121. The third-order valence-electron chi connectivity index (χ3n) is 4.72. The number of aliphatic imine (C=N–C) groups is 1. The lowest BCUT2D eigenvalue weighted by Gasteiger charge is -2.19. The molecule has 1 amide bonds. The van der Waals surface area contributed by atoms with Crippen LogP contribution >= 0.6 is 23.2 Å². The number of ether oxygens (including phenoxy) is 1. The van der Waals surface area contributed by atoms with Crippen molar-refractivity contribution in [2.24, 2.45) is 10.1 Å². The Kier molecular flexibility index (Phi) is 8.62. The first-order valence-electron chi connectivity index (χ1n) is 10.2. The normalized spacial score (nSPS) is 16.6. The lowest BCUT2D eigenvalue weighted by Crippen LogP contribution is -2.47. The van der Waals surface area contributed by atoms with Crippen molar-refractivity contribution in [1.82, 2.24) is 15.6 Å². The van der Waals surface area contributed by atoms with Gasteiger partial charge in [0, 0.05) is 10.6 Å². The van der Waals surface area contributed by atoms with Crippen LogP contribution < -0.4 is 15.4 Å². The number of rotatable bonds is 7. The molecule has 8 nitrogen and oxygen atoms in total. The van der Waals surface area contributed by atoms with Crippen LogP contribution in [0, 0.1) is 11.5 Å². The molecule has 0 aromatic heterocycles. The summed E-state index contributed by atoms with van der Waals surface area (Å²) >= 11 is 12.1. The summed E-state index contributed by atoms with van der Waals surface area (Å²) in [5.41, 5.74) is 1.60. The number of hydrogen-bond donors (Lipinski definition) is 2. The van der Waals surface area contributed by atoms with Crippen LogP contribution in [0.4, 0.5) is 14.5 Å². The molecular formula is C22H20Cl2F2N6O2. The summed E-state index contributed by atoms with van der Waals surface area (Å²) < 4.78 is 29.1. The van der Waals surface area contributed by atoms with Gasteiger partial charge in [-0.2, -0.15) is 19.1 Å². The number of amides is 1. The molecule has 0 saturated heterocycles. The Balaban J connectivity index is 1.91. The zero-order chi connectivity index (χ0) is 24.7. The van der Waals surface area contributed by atoms with Gasteiger partial charge >= 0.3 is 6.61 Å². The number of nitriles is 1. The number of carbonyl (C=O) groups excluding carboxylic acids is 1. The number of halogens is 4. The maximum absolute atomic E-state index is 12.5. The highest BCUT2D eigenvalue weighted by Gasteiger charge is 2.32. The summed E-state index contributed by atoms with van der Waals surface area (Å²) in [7, 11) is 0. The largest absolute Gasteiger partial charge is 0.435 e. The number of carbonyl (C=O) groups is 1. The zero-order valence-electron chi connectivity index (χ0n) is 17.9. The Hall–Kier alpha value is -3.42. The van der Waals surface area contributed by atoms with E-state index in [2.05, 4.69) is 25.5 Å². The first-order chi connectivity index (χ1) is 16.3. The lowest BCUT2D eigenvalue weighted by atomic mass is 10.0. The zero-order valence-corrected chi connectivity index (χ0v) is 19.4. The first-order valence-corrected chi connectivity index (χ1v) is 11.0. The highest BCUT2D eigenvalue weighted by Crippen LogP contribution is 2.22. The average molecular weight is 509 g/mol. The molecule has 2 N–H and O–H groups in total. The fourth-order valence-electron chi connectivity index (χ4n) is 3.10. The molecule has 0 fully saturated rings. The van der Waals surface area contributed by atoms with Gasteiger partial charge < -0.3 is 10.1 Å². The molecule has 1 aliphatic rings. The quantitative estimate of drug-likeness (QED) is 0.191. The summed E-state index contributed by atoms with van der Waals surface area (Å²) in [5, 5.41) is 20.4. The molecule has 2 aromatic rings. The smallest absolute Gasteiger partial charge is 0.387 e. The predicted octanol–water partition coefficient (Wildman–Crippen LogP) is 4.22. The number of hydrazone groups is 1. The summed E-state index contributed by atoms with van der Waals surface area (Å²) in [6.45, 7) is -0.981. The van der Waals surface area contributed by atoms with E-state index < -0.39 is 18.0 Å². The van der Waals surface area contributed by atoms with Gasteiger partial charge in [0.25, 0.3) is 0 Å². The number of nitrogens with zero attached hydrogens (tertiary/aromatic N) is 4. The van der Waals surface area contributed by atoms with E-state index in [9.17, 15) is 18.8 Å². The van der Waals surface area contributed by atoms with Crippen molar-refractivity contribution < 1.29 is 18.3 Å². The molecule has 2 atom stereocenters. The highest BCUT2D eigenvalue weighted by atomic mass is 35.5. The van der Waals surface area contributed by atoms with Crippen LogP contribution in [-0.4, -0.2) is 47.2 Å². The molecule has 0 spiro atoms. The van der Waals surface area contributed by atoms with E-state index in [1.807, 2.05) is 0 Å². The van der Waals surface area contributed by atoms with E-state index in [4.69, 9.17) is 23.2 Å². The molecule has 0 radical (unpaired) electrons. The molecule has 1 heterocycles. The van der Waals surface area contributed by atoms with E-state index in [0.717, 1.165) is 0 Å². The molecule has 0 aliphatic carbocycles. The van der Waals surface area contributed by atoms with Gasteiger partial charge in [-0.05, 0) is 42.8 Å². The third-order valence-corrected chi connectivity index (χ3v) is 5.48. The van der Waals surface area contributed by atoms with E-state index in [0.29, 0.717) is 28.4 Å². The molecule has 2 aromatic carbocycles. The molecule has 2 unspecified atom stereocenters. The van der Waals surface area contributed by atoms with Crippen LogP contribution in [0.25, 0.3) is 0 Å². The van der Waals surface area contributed by atoms with Crippen molar-refractivity contribution in [2.75, 3.05) is 6.54 Å². The van der Waals surface area contributed by atoms with Gasteiger partial charge in [-0.1, -0.05) is 30.7 Å². The van der Waals surface area contributed by atoms with Gasteiger partial charge in [0.2, 0.25) is 11.9 Å². The Morgan fingerprint density at radius 3 is 2.56 bits per heavy atom. The number of guanidine groups is 1. The van der Waals surface area contributed by atoms with Crippen LogP contribution in [0.1, 0.15) is 18.9 Å². The van der Waals surface area contributed by atoms with E-state index >= 15 is 0 Å². The second-order valence-corrected chi connectivity index (χ2v) is 8.02. The topological polar surface area (TPSA) is 102 Å². The fraction of sp³-hybridized carbons (Fsp3) is 0.273. The summed E-state index contributed by atoms with van der Waals surface area (Å²) in [4.78, 5) is 16.8. The Morgan fingerprint density at radius 2 is 1.97 bits per heavy atom. The second kappa shape index (κ2) is 11.6. The standard InChI is InChI=1S/C22H20Cl2F2N6O2/c1-2-17(24)20(33)30-18-11-32(31-19(18)13-3-5-14(23)6-4-13)22(28-12-27)29-15-7-9-16(10-8-15)34-21(25)26/h3-10,17-18,21H,2,11H2,1H3,(H,28,29)(H,30,33). The first kappa shape index (κ1) is 25.2. The number of benzene rings is 2. The third kappa shape index (κ3) is 6.56. The van der Waals surface area contributed by atoms with Gasteiger partial charge in [0.1, 0.15) is 11.1 Å². The van der Waals surface area contributed by atoms with Gasteiger partial charge in [0.05, 0.1) is 24.0 Å². The molecule has 12 heteroatoms. The van der Waals surface area contributed by atoms with Crippen LogP contribution in [-0.2, 0) is 4.79 Å². The minimum absolute atomic E-state index is 0.0257. The Labute approximate surface area is 204 Å². The molecular weight excluding hydrogens is 489 g/mol. The number of alkyl halides is 3. The minimum atomic E-state index is -2.94. The van der Waals surface area contributed by atoms with Gasteiger partial charge in [-0.25, -0.2) is 10.0 Å². The maximum atomic E-state index is 12.5. The minimum Gasteiger partial charge on any atom is -0.435 e. The van der Waals surface area contributed by atoms with Crippen molar-refractivity contribution in [2.45, 2.75) is 31.4 Å². The van der Waals surface area contributed by atoms with E-state index in [-0.39, 0.29) is 24.2 Å². The molecule has 178 valence electrons. The van der Waals surface area contributed by atoms with Crippen molar-refractivity contribution in [3.8, 4) is 11.9 Å². The number of nitrogens with one attached hydrogen (secondary N) is 2. The molecule has 0 bridgehead atoms.